The largest absolute Gasteiger partial charge is 0.493 e. The van der Waals surface area contributed by atoms with E-state index in [2.05, 4.69) is 5.92 Å². The molecule has 0 radical (unpaired) electrons. The number of rotatable bonds is 5. The van der Waals surface area contributed by atoms with Crippen LogP contribution in [0.1, 0.15) is 23.2 Å². The molecule has 0 N–H and O–H groups in total. The van der Waals surface area contributed by atoms with Crippen LogP contribution in [0.2, 0.25) is 0 Å². The van der Waals surface area contributed by atoms with Crippen LogP contribution in [-0.2, 0) is 0 Å². The van der Waals surface area contributed by atoms with Crippen molar-refractivity contribution in [3.05, 3.63) is 29.6 Å². The van der Waals surface area contributed by atoms with Gasteiger partial charge in [-0.2, -0.15) is 0 Å². The van der Waals surface area contributed by atoms with Crippen molar-refractivity contribution in [3.63, 3.8) is 0 Å². The highest BCUT2D eigenvalue weighted by Crippen LogP contribution is 2.15. The van der Waals surface area contributed by atoms with Gasteiger partial charge >= 0.3 is 0 Å². The van der Waals surface area contributed by atoms with Crippen LogP contribution in [0.25, 0.3) is 0 Å². The summed E-state index contributed by atoms with van der Waals surface area (Å²) in [4.78, 5) is 10.4. The molecule has 0 aliphatic rings. The zero-order valence-corrected chi connectivity index (χ0v) is 8.20. The van der Waals surface area contributed by atoms with E-state index in [1.165, 1.54) is 12.1 Å². The maximum Gasteiger partial charge on any atom is 0.150 e. The molecule has 0 spiro atoms. The van der Waals surface area contributed by atoms with Gasteiger partial charge < -0.3 is 4.74 Å². The molecule has 78 valence electrons. The second-order valence-corrected chi connectivity index (χ2v) is 2.99. The summed E-state index contributed by atoms with van der Waals surface area (Å²) in [5, 5.41) is 0. The summed E-state index contributed by atoms with van der Waals surface area (Å²) in [6, 6.07) is 3.89. The molecule has 0 saturated heterocycles. The number of ether oxygens (including phenoxy) is 1. The third-order valence-corrected chi connectivity index (χ3v) is 1.76. The van der Waals surface area contributed by atoms with Gasteiger partial charge in [-0.25, -0.2) is 4.39 Å². The van der Waals surface area contributed by atoms with Gasteiger partial charge in [-0.3, -0.25) is 4.79 Å². The average Bonchev–Trinajstić information content (AvgIpc) is 2.23. The number of hydrogen-bond acceptors (Lipinski definition) is 2. The van der Waals surface area contributed by atoms with Crippen LogP contribution in [0.15, 0.2) is 18.2 Å². The fourth-order valence-corrected chi connectivity index (χ4v) is 1.10. The van der Waals surface area contributed by atoms with Crippen LogP contribution in [0.4, 0.5) is 4.39 Å². The molecule has 1 aromatic rings. The van der Waals surface area contributed by atoms with Gasteiger partial charge in [0.1, 0.15) is 17.9 Å². The second kappa shape index (κ2) is 5.82. The Morgan fingerprint density at radius 3 is 2.93 bits per heavy atom. The molecule has 1 rings (SSSR count). The van der Waals surface area contributed by atoms with Crippen molar-refractivity contribution in [1.82, 2.24) is 0 Å². The van der Waals surface area contributed by atoms with E-state index < -0.39 is 5.82 Å². The predicted molar refractivity (Wildman–Crippen MR) is 55.3 cm³/mol. The molecule has 3 heteroatoms. The summed E-state index contributed by atoms with van der Waals surface area (Å²) in [6.07, 6.45) is 6.98. The quantitative estimate of drug-likeness (QED) is 0.420. The Kier molecular flexibility index (Phi) is 4.36. The second-order valence-electron chi connectivity index (χ2n) is 2.99. The molecule has 0 aliphatic heterocycles. The van der Waals surface area contributed by atoms with E-state index in [1.807, 2.05) is 0 Å². The number of carbonyl (C=O) groups is 1. The number of halogens is 1. The van der Waals surface area contributed by atoms with Crippen LogP contribution in [0.5, 0.6) is 5.75 Å². The average molecular weight is 206 g/mol. The van der Waals surface area contributed by atoms with Crippen molar-refractivity contribution in [2.45, 2.75) is 12.8 Å². The van der Waals surface area contributed by atoms with Crippen LogP contribution < -0.4 is 4.74 Å². The van der Waals surface area contributed by atoms with Gasteiger partial charge in [0.15, 0.2) is 0 Å². The van der Waals surface area contributed by atoms with Gasteiger partial charge in [0.25, 0.3) is 0 Å². The normalized spacial score (nSPS) is 9.33. The maximum absolute atomic E-state index is 12.9. The van der Waals surface area contributed by atoms with Gasteiger partial charge in [0.2, 0.25) is 0 Å². The van der Waals surface area contributed by atoms with E-state index in [4.69, 9.17) is 11.2 Å². The van der Waals surface area contributed by atoms with Crippen molar-refractivity contribution in [2.24, 2.45) is 0 Å². The maximum atomic E-state index is 12.9. The van der Waals surface area contributed by atoms with Crippen molar-refractivity contribution >= 4 is 6.29 Å². The molecular formula is C12H11FO2. The molecule has 0 aromatic heterocycles. The van der Waals surface area contributed by atoms with E-state index >= 15 is 0 Å². The smallest absolute Gasteiger partial charge is 0.150 e. The number of benzene rings is 1. The van der Waals surface area contributed by atoms with Crippen molar-refractivity contribution in [3.8, 4) is 18.1 Å². The lowest BCUT2D eigenvalue weighted by Crippen LogP contribution is -1.98. The van der Waals surface area contributed by atoms with Crippen molar-refractivity contribution in [2.75, 3.05) is 6.61 Å². The molecule has 0 saturated carbocycles. The fraction of sp³-hybridized carbons (Fsp3) is 0.250. The molecule has 0 heterocycles. The molecule has 0 amide bonds. The van der Waals surface area contributed by atoms with Crippen LogP contribution in [0.3, 0.4) is 0 Å². The van der Waals surface area contributed by atoms with E-state index in [0.29, 0.717) is 31.5 Å². The number of carbonyl (C=O) groups excluding carboxylic acids is 1. The minimum absolute atomic E-state index is 0.266. The summed E-state index contributed by atoms with van der Waals surface area (Å²) in [7, 11) is 0. The standard InChI is InChI=1S/C12H11FO2/c1-2-3-4-5-15-12-7-10(9-14)6-11(13)8-12/h1,6-9H,3-5H2. The van der Waals surface area contributed by atoms with Gasteiger partial charge in [-0.15, -0.1) is 12.3 Å². The summed E-state index contributed by atoms with van der Waals surface area (Å²) in [5.74, 6) is 2.35. The lowest BCUT2D eigenvalue weighted by Gasteiger charge is -2.05. The summed E-state index contributed by atoms with van der Waals surface area (Å²) < 4.78 is 18.2. The SMILES string of the molecule is C#CCCCOc1cc(F)cc(C=O)c1. The third-order valence-electron chi connectivity index (χ3n) is 1.76. The van der Waals surface area contributed by atoms with Crippen LogP contribution >= 0.6 is 0 Å². The Morgan fingerprint density at radius 1 is 1.47 bits per heavy atom. The zero-order chi connectivity index (χ0) is 11.1. The molecule has 0 atom stereocenters. The van der Waals surface area contributed by atoms with Crippen LogP contribution in [0, 0.1) is 18.2 Å². The molecule has 0 fully saturated rings. The number of aldehydes is 1. The van der Waals surface area contributed by atoms with Gasteiger partial charge in [-0.05, 0) is 18.6 Å². The number of unbranched alkanes of at least 4 members (excludes halogenated alkanes) is 1. The first kappa shape index (κ1) is 11.3. The Morgan fingerprint density at radius 2 is 2.27 bits per heavy atom. The van der Waals surface area contributed by atoms with Crippen molar-refractivity contribution < 1.29 is 13.9 Å². The molecule has 1 aromatic carbocycles. The summed E-state index contributed by atoms with van der Waals surface area (Å²) >= 11 is 0. The Labute approximate surface area is 88.1 Å². The Balaban J connectivity index is 2.57. The summed E-state index contributed by atoms with van der Waals surface area (Å²) in [5.41, 5.74) is 0.266. The van der Waals surface area contributed by atoms with E-state index in [0.717, 1.165) is 6.07 Å². The first-order valence-electron chi connectivity index (χ1n) is 4.58. The minimum atomic E-state index is -0.480. The topological polar surface area (TPSA) is 26.3 Å². The summed E-state index contributed by atoms with van der Waals surface area (Å²) in [6.45, 7) is 0.423. The van der Waals surface area contributed by atoms with Gasteiger partial charge in [0, 0.05) is 18.1 Å². The third kappa shape index (κ3) is 3.82. The van der Waals surface area contributed by atoms with Crippen molar-refractivity contribution in [1.29, 1.82) is 0 Å². The first-order valence-corrected chi connectivity index (χ1v) is 4.58. The van der Waals surface area contributed by atoms with E-state index in [9.17, 15) is 9.18 Å². The van der Waals surface area contributed by atoms with E-state index in [1.54, 1.807) is 0 Å². The lowest BCUT2D eigenvalue weighted by atomic mass is 10.2. The highest BCUT2D eigenvalue weighted by Gasteiger charge is 2.00. The minimum Gasteiger partial charge on any atom is -0.493 e. The Hall–Kier alpha value is -1.82. The molecular weight excluding hydrogens is 195 g/mol. The first-order chi connectivity index (χ1) is 7.26. The molecule has 0 unspecified atom stereocenters. The van der Waals surface area contributed by atoms with Crippen LogP contribution in [-0.4, -0.2) is 12.9 Å². The zero-order valence-electron chi connectivity index (χ0n) is 8.20. The lowest BCUT2D eigenvalue weighted by molar-refractivity contribution is 0.112. The highest BCUT2D eigenvalue weighted by atomic mass is 19.1. The monoisotopic (exact) mass is 206 g/mol. The number of terminal acetylenes is 1. The Bertz CT molecular complexity index is 380. The van der Waals surface area contributed by atoms with Gasteiger partial charge in [0.05, 0.1) is 6.61 Å². The number of hydrogen-bond donors (Lipinski definition) is 0. The molecule has 15 heavy (non-hydrogen) atoms. The predicted octanol–water partition coefficient (Wildman–Crippen LogP) is 2.43. The highest BCUT2D eigenvalue weighted by molar-refractivity contribution is 5.75. The molecule has 0 bridgehead atoms. The fourth-order valence-electron chi connectivity index (χ4n) is 1.10. The van der Waals surface area contributed by atoms with E-state index in [-0.39, 0.29) is 5.56 Å². The molecule has 0 aliphatic carbocycles. The molecule has 2 nitrogen and oxygen atoms in total. The van der Waals surface area contributed by atoms with Gasteiger partial charge in [-0.1, -0.05) is 0 Å².